The van der Waals surface area contributed by atoms with Crippen LogP contribution in [0.3, 0.4) is 0 Å². The zero-order valence-electron chi connectivity index (χ0n) is 12.7. The molecular weight excluding hydrogens is 270 g/mol. The highest BCUT2D eigenvalue weighted by atomic mass is 16.5. The monoisotopic (exact) mass is 293 g/mol. The molecule has 21 heavy (non-hydrogen) atoms. The number of hydrogen-bond donors (Lipinski definition) is 1. The van der Waals surface area contributed by atoms with E-state index in [1.165, 1.54) is 6.92 Å². The zero-order valence-corrected chi connectivity index (χ0v) is 12.7. The molecule has 0 saturated heterocycles. The normalized spacial score (nSPS) is 39.9. The SMILES string of the molecule is CCOC(=O)C12CC3CC(CC(C(=O)NC(C)=O)(C3)C1)C2. The standard InChI is InChI=1S/C16H23NO4/c1-3-21-14(20)16-7-11-4-12(8-16)6-15(5-11,9-16)13(19)17-10(2)18/h11-12H,3-9H2,1-2H3,(H,17,18,19). The molecule has 0 aromatic carbocycles. The van der Waals surface area contributed by atoms with Gasteiger partial charge in [-0.2, -0.15) is 0 Å². The van der Waals surface area contributed by atoms with Gasteiger partial charge in [0.2, 0.25) is 11.8 Å². The van der Waals surface area contributed by atoms with Crippen molar-refractivity contribution in [3.8, 4) is 0 Å². The number of esters is 1. The van der Waals surface area contributed by atoms with Crippen LogP contribution in [0.5, 0.6) is 0 Å². The second-order valence-corrected chi connectivity index (χ2v) is 7.25. The predicted molar refractivity (Wildman–Crippen MR) is 75.0 cm³/mol. The van der Waals surface area contributed by atoms with Gasteiger partial charge >= 0.3 is 5.97 Å². The first-order valence-electron chi connectivity index (χ1n) is 7.88. The van der Waals surface area contributed by atoms with E-state index in [4.69, 9.17) is 4.74 Å². The molecule has 0 spiro atoms. The Morgan fingerprint density at radius 2 is 1.67 bits per heavy atom. The molecule has 5 heteroatoms. The molecule has 5 nitrogen and oxygen atoms in total. The zero-order chi connectivity index (χ0) is 15.3. The third-order valence-corrected chi connectivity index (χ3v) is 5.54. The summed E-state index contributed by atoms with van der Waals surface area (Å²) in [5.41, 5.74) is -1.03. The van der Waals surface area contributed by atoms with Crippen LogP contribution in [-0.4, -0.2) is 24.4 Å². The fraction of sp³-hybridized carbons (Fsp3) is 0.812. The van der Waals surface area contributed by atoms with Crippen molar-refractivity contribution in [2.24, 2.45) is 22.7 Å². The molecule has 0 aliphatic heterocycles. The van der Waals surface area contributed by atoms with Gasteiger partial charge in [0.15, 0.2) is 0 Å². The Hall–Kier alpha value is -1.39. The first-order chi connectivity index (χ1) is 9.89. The Labute approximate surface area is 124 Å². The van der Waals surface area contributed by atoms with Crippen molar-refractivity contribution in [3.63, 3.8) is 0 Å². The summed E-state index contributed by atoms with van der Waals surface area (Å²) in [7, 11) is 0. The predicted octanol–water partition coefficient (Wildman–Crippen LogP) is 1.80. The van der Waals surface area contributed by atoms with Gasteiger partial charge in [0, 0.05) is 6.92 Å². The van der Waals surface area contributed by atoms with Crippen LogP contribution in [0.4, 0.5) is 0 Å². The molecule has 4 bridgehead atoms. The van der Waals surface area contributed by atoms with Crippen LogP contribution in [0.15, 0.2) is 0 Å². The lowest BCUT2D eigenvalue weighted by Gasteiger charge is -2.59. The topological polar surface area (TPSA) is 72.5 Å². The smallest absolute Gasteiger partial charge is 0.312 e. The second-order valence-electron chi connectivity index (χ2n) is 7.25. The van der Waals surface area contributed by atoms with Crippen molar-refractivity contribution in [1.82, 2.24) is 5.32 Å². The van der Waals surface area contributed by atoms with E-state index >= 15 is 0 Å². The molecular formula is C16H23NO4. The average molecular weight is 293 g/mol. The maximum atomic E-state index is 12.5. The second kappa shape index (κ2) is 4.82. The van der Waals surface area contributed by atoms with E-state index in [1.807, 2.05) is 6.92 Å². The van der Waals surface area contributed by atoms with E-state index in [0.29, 0.717) is 24.9 Å². The summed E-state index contributed by atoms with van der Waals surface area (Å²) in [6, 6.07) is 0. The van der Waals surface area contributed by atoms with Crippen molar-refractivity contribution >= 4 is 17.8 Å². The third-order valence-electron chi connectivity index (χ3n) is 5.54. The molecule has 4 saturated carbocycles. The molecule has 4 fully saturated rings. The van der Waals surface area contributed by atoms with Gasteiger partial charge < -0.3 is 4.74 Å². The molecule has 0 aromatic heterocycles. The van der Waals surface area contributed by atoms with Gasteiger partial charge in [-0.1, -0.05) is 0 Å². The number of carbonyl (C=O) groups excluding carboxylic acids is 3. The Kier molecular flexibility index (Phi) is 3.34. The van der Waals surface area contributed by atoms with Crippen LogP contribution < -0.4 is 5.32 Å². The van der Waals surface area contributed by atoms with Gasteiger partial charge in [0.05, 0.1) is 17.4 Å². The number of carbonyl (C=O) groups is 3. The van der Waals surface area contributed by atoms with Crippen LogP contribution in [0.2, 0.25) is 0 Å². The van der Waals surface area contributed by atoms with Crippen LogP contribution >= 0.6 is 0 Å². The minimum Gasteiger partial charge on any atom is -0.466 e. The summed E-state index contributed by atoms with van der Waals surface area (Å²) in [5, 5.41) is 2.46. The molecule has 4 aliphatic rings. The van der Waals surface area contributed by atoms with Gasteiger partial charge in [0.25, 0.3) is 0 Å². The number of amides is 2. The largest absolute Gasteiger partial charge is 0.466 e. The first-order valence-corrected chi connectivity index (χ1v) is 7.88. The summed E-state index contributed by atoms with van der Waals surface area (Å²) < 4.78 is 5.29. The highest BCUT2D eigenvalue weighted by Crippen LogP contribution is 2.65. The first kappa shape index (κ1) is 14.5. The van der Waals surface area contributed by atoms with E-state index in [9.17, 15) is 14.4 Å². The van der Waals surface area contributed by atoms with Crippen LogP contribution in [0.1, 0.15) is 52.4 Å². The van der Waals surface area contributed by atoms with Gasteiger partial charge in [-0.05, 0) is 57.3 Å². The summed E-state index contributed by atoms with van der Waals surface area (Å²) in [4.78, 5) is 36.2. The molecule has 116 valence electrons. The van der Waals surface area contributed by atoms with E-state index in [-0.39, 0.29) is 17.8 Å². The Bertz CT molecular complexity index is 485. The Balaban J connectivity index is 1.89. The quantitative estimate of drug-likeness (QED) is 0.805. The molecule has 2 amide bonds. The lowest BCUT2D eigenvalue weighted by Crippen LogP contribution is -2.60. The summed E-state index contributed by atoms with van der Waals surface area (Å²) in [5.74, 6) is 0.180. The molecule has 1 N–H and O–H groups in total. The van der Waals surface area contributed by atoms with E-state index in [2.05, 4.69) is 5.32 Å². The van der Waals surface area contributed by atoms with Gasteiger partial charge in [-0.15, -0.1) is 0 Å². The van der Waals surface area contributed by atoms with Crippen LogP contribution in [0.25, 0.3) is 0 Å². The minimum absolute atomic E-state index is 0.140. The average Bonchev–Trinajstić information content (AvgIpc) is 2.36. The van der Waals surface area contributed by atoms with E-state index < -0.39 is 10.8 Å². The maximum absolute atomic E-state index is 12.5. The number of nitrogens with one attached hydrogen (secondary N) is 1. The Morgan fingerprint density at radius 1 is 1.10 bits per heavy atom. The number of ether oxygens (including phenoxy) is 1. The molecule has 0 radical (unpaired) electrons. The fourth-order valence-electron chi connectivity index (χ4n) is 5.34. The number of imide groups is 1. The fourth-order valence-corrected chi connectivity index (χ4v) is 5.34. The lowest BCUT2D eigenvalue weighted by atomic mass is 9.44. The number of hydrogen-bond acceptors (Lipinski definition) is 4. The summed E-state index contributed by atoms with van der Waals surface area (Å²) >= 11 is 0. The van der Waals surface area contributed by atoms with Gasteiger partial charge in [0.1, 0.15) is 0 Å². The summed E-state index contributed by atoms with van der Waals surface area (Å²) in [6.07, 6.45) is 4.96. The lowest BCUT2D eigenvalue weighted by molar-refractivity contribution is -0.183. The van der Waals surface area contributed by atoms with Crippen molar-refractivity contribution in [1.29, 1.82) is 0 Å². The van der Waals surface area contributed by atoms with Gasteiger partial charge in [-0.25, -0.2) is 0 Å². The van der Waals surface area contributed by atoms with Crippen LogP contribution in [-0.2, 0) is 19.1 Å². The van der Waals surface area contributed by atoms with Crippen LogP contribution in [0, 0.1) is 22.7 Å². The molecule has 2 atom stereocenters. The molecule has 0 aromatic rings. The molecule has 2 unspecified atom stereocenters. The van der Waals surface area contributed by atoms with Crippen molar-refractivity contribution in [2.75, 3.05) is 6.61 Å². The minimum atomic E-state index is -0.539. The van der Waals surface area contributed by atoms with E-state index in [0.717, 1.165) is 32.1 Å². The maximum Gasteiger partial charge on any atom is 0.312 e. The third kappa shape index (κ3) is 2.27. The van der Waals surface area contributed by atoms with E-state index in [1.54, 1.807) is 0 Å². The molecule has 0 heterocycles. The van der Waals surface area contributed by atoms with Crippen molar-refractivity contribution < 1.29 is 19.1 Å². The molecule has 4 aliphatic carbocycles. The Morgan fingerprint density at radius 3 is 2.19 bits per heavy atom. The number of rotatable bonds is 3. The molecule has 4 rings (SSSR count). The summed E-state index contributed by atoms with van der Waals surface area (Å²) in [6.45, 7) is 3.55. The highest BCUT2D eigenvalue weighted by molar-refractivity contribution is 5.97. The highest BCUT2D eigenvalue weighted by Gasteiger charge is 2.63. The van der Waals surface area contributed by atoms with Crippen molar-refractivity contribution in [2.45, 2.75) is 52.4 Å². The van der Waals surface area contributed by atoms with Crippen molar-refractivity contribution in [3.05, 3.63) is 0 Å². The van der Waals surface area contributed by atoms with Gasteiger partial charge in [-0.3, -0.25) is 19.7 Å².